The fourth-order valence-corrected chi connectivity index (χ4v) is 6.76. The maximum atomic E-state index is 5.26. The molecule has 0 amide bonds. The van der Waals surface area contributed by atoms with Crippen LogP contribution in [0.15, 0.2) is 195 Å². The molecule has 4 nitrogen and oxygen atoms in total. The van der Waals surface area contributed by atoms with Crippen molar-refractivity contribution < 1.29 is 0 Å². The monoisotopic (exact) mass is 664 g/mol. The summed E-state index contributed by atoms with van der Waals surface area (Å²) >= 11 is 0. The smallest absolute Gasteiger partial charge is 0.160 e. The zero-order chi connectivity index (χ0) is 34.7. The first-order chi connectivity index (χ1) is 25.7. The SMILES string of the molecule is c1ccc(-c2ccc3c(-c4ccccc4)nc(-c4cc(-c5ccc(-c6cccc(-c7cccnc7)c6)cc5)cc(-c5ccccn5)c4)nc3c2)cc1. The molecule has 0 bridgehead atoms. The summed E-state index contributed by atoms with van der Waals surface area (Å²) in [6.07, 6.45) is 5.54. The molecule has 0 aliphatic rings. The van der Waals surface area contributed by atoms with Crippen molar-refractivity contribution in [2.24, 2.45) is 0 Å². The van der Waals surface area contributed by atoms with Gasteiger partial charge in [-0.15, -0.1) is 0 Å². The first-order valence-electron chi connectivity index (χ1n) is 17.4. The van der Waals surface area contributed by atoms with Crippen molar-refractivity contribution in [1.82, 2.24) is 19.9 Å². The fourth-order valence-electron chi connectivity index (χ4n) is 6.76. The molecule has 6 aromatic carbocycles. The minimum atomic E-state index is 0.666. The molecule has 244 valence electrons. The van der Waals surface area contributed by atoms with Crippen LogP contribution >= 0.6 is 0 Å². The van der Waals surface area contributed by atoms with Gasteiger partial charge in [-0.3, -0.25) is 9.97 Å². The molecule has 0 radical (unpaired) electrons. The third kappa shape index (κ3) is 6.26. The maximum Gasteiger partial charge on any atom is 0.160 e. The van der Waals surface area contributed by atoms with Gasteiger partial charge in [0, 0.05) is 46.2 Å². The lowest BCUT2D eigenvalue weighted by Crippen LogP contribution is -1.97. The van der Waals surface area contributed by atoms with E-state index in [-0.39, 0.29) is 0 Å². The predicted molar refractivity (Wildman–Crippen MR) is 213 cm³/mol. The molecule has 0 atom stereocenters. The highest BCUT2D eigenvalue weighted by Gasteiger charge is 2.15. The summed E-state index contributed by atoms with van der Waals surface area (Å²) in [4.78, 5) is 19.5. The van der Waals surface area contributed by atoms with Crippen molar-refractivity contribution in [3.8, 4) is 78.4 Å². The number of pyridine rings is 2. The maximum absolute atomic E-state index is 5.26. The second kappa shape index (κ2) is 13.7. The van der Waals surface area contributed by atoms with Crippen LogP contribution in [0.5, 0.6) is 0 Å². The third-order valence-corrected chi connectivity index (χ3v) is 9.41. The van der Waals surface area contributed by atoms with Crippen LogP contribution in [0.2, 0.25) is 0 Å². The number of nitrogens with zero attached hydrogens (tertiary/aromatic N) is 4. The molecule has 0 N–H and O–H groups in total. The lowest BCUT2D eigenvalue weighted by Gasteiger charge is -2.14. The molecule has 0 saturated heterocycles. The van der Waals surface area contributed by atoms with Gasteiger partial charge in [-0.2, -0.15) is 0 Å². The Morgan fingerprint density at radius 3 is 1.63 bits per heavy atom. The van der Waals surface area contributed by atoms with Gasteiger partial charge in [0.05, 0.1) is 16.9 Å². The molecule has 52 heavy (non-hydrogen) atoms. The fraction of sp³-hybridized carbons (Fsp3) is 0. The number of aromatic nitrogens is 4. The molecule has 0 saturated carbocycles. The minimum absolute atomic E-state index is 0.666. The summed E-state index contributed by atoms with van der Waals surface area (Å²) < 4.78 is 0. The van der Waals surface area contributed by atoms with E-state index in [0.717, 1.165) is 83.5 Å². The Labute approximate surface area is 302 Å². The van der Waals surface area contributed by atoms with E-state index in [9.17, 15) is 0 Å². The highest BCUT2D eigenvalue weighted by molar-refractivity contribution is 5.96. The van der Waals surface area contributed by atoms with E-state index in [1.54, 1.807) is 6.20 Å². The molecule has 9 rings (SSSR count). The van der Waals surface area contributed by atoms with E-state index in [4.69, 9.17) is 15.0 Å². The van der Waals surface area contributed by atoms with Gasteiger partial charge in [0.25, 0.3) is 0 Å². The molecular weight excluding hydrogens is 633 g/mol. The molecule has 3 heterocycles. The van der Waals surface area contributed by atoms with E-state index in [2.05, 4.69) is 145 Å². The quantitative estimate of drug-likeness (QED) is 0.170. The van der Waals surface area contributed by atoms with Gasteiger partial charge < -0.3 is 0 Å². The third-order valence-electron chi connectivity index (χ3n) is 9.41. The van der Waals surface area contributed by atoms with E-state index >= 15 is 0 Å². The molecular formula is C48H32N4. The second-order valence-electron chi connectivity index (χ2n) is 12.8. The minimum Gasteiger partial charge on any atom is -0.264 e. The zero-order valence-electron chi connectivity index (χ0n) is 28.3. The van der Waals surface area contributed by atoms with Crippen molar-refractivity contribution >= 4 is 10.9 Å². The van der Waals surface area contributed by atoms with E-state index in [1.165, 1.54) is 0 Å². The van der Waals surface area contributed by atoms with Crippen molar-refractivity contribution in [3.63, 3.8) is 0 Å². The average Bonchev–Trinajstić information content (AvgIpc) is 3.24. The molecule has 9 aromatic rings. The Hall–Kier alpha value is -7.04. The van der Waals surface area contributed by atoms with Gasteiger partial charge in [0.1, 0.15) is 0 Å². The van der Waals surface area contributed by atoms with Gasteiger partial charge in [-0.05, 0) is 93.5 Å². The number of benzene rings is 6. The van der Waals surface area contributed by atoms with Gasteiger partial charge in [-0.1, -0.05) is 121 Å². The van der Waals surface area contributed by atoms with Gasteiger partial charge in [-0.25, -0.2) is 9.97 Å². The zero-order valence-corrected chi connectivity index (χ0v) is 28.3. The number of hydrogen-bond donors (Lipinski definition) is 0. The lowest BCUT2D eigenvalue weighted by atomic mass is 9.95. The van der Waals surface area contributed by atoms with Crippen LogP contribution in [0, 0.1) is 0 Å². The van der Waals surface area contributed by atoms with Gasteiger partial charge >= 0.3 is 0 Å². The molecule has 0 spiro atoms. The molecule has 0 aliphatic heterocycles. The molecule has 3 aromatic heterocycles. The highest BCUT2D eigenvalue weighted by atomic mass is 14.9. The molecule has 0 unspecified atom stereocenters. The summed E-state index contributed by atoms with van der Waals surface area (Å²) in [7, 11) is 0. The number of fused-ring (bicyclic) bond motifs is 1. The first-order valence-corrected chi connectivity index (χ1v) is 17.4. The summed E-state index contributed by atoms with van der Waals surface area (Å²) in [6.45, 7) is 0. The van der Waals surface area contributed by atoms with Crippen molar-refractivity contribution in [1.29, 1.82) is 0 Å². The van der Waals surface area contributed by atoms with Crippen LogP contribution in [0.4, 0.5) is 0 Å². The van der Waals surface area contributed by atoms with Gasteiger partial charge in [0.2, 0.25) is 0 Å². The Bertz CT molecular complexity index is 2640. The van der Waals surface area contributed by atoms with Crippen LogP contribution in [-0.2, 0) is 0 Å². The second-order valence-corrected chi connectivity index (χ2v) is 12.8. The summed E-state index contributed by atoms with van der Waals surface area (Å²) in [5, 5.41) is 1.01. The van der Waals surface area contributed by atoms with Gasteiger partial charge in [0.15, 0.2) is 5.82 Å². The summed E-state index contributed by atoms with van der Waals surface area (Å²) in [5.74, 6) is 0.666. The molecule has 0 fully saturated rings. The van der Waals surface area contributed by atoms with E-state index in [0.29, 0.717) is 5.82 Å². The normalized spacial score (nSPS) is 11.1. The largest absolute Gasteiger partial charge is 0.264 e. The number of rotatable bonds is 7. The molecule has 4 heteroatoms. The number of hydrogen-bond acceptors (Lipinski definition) is 4. The molecule has 0 aliphatic carbocycles. The van der Waals surface area contributed by atoms with E-state index in [1.807, 2.05) is 48.8 Å². The lowest BCUT2D eigenvalue weighted by molar-refractivity contribution is 1.23. The predicted octanol–water partition coefficient (Wildman–Crippen LogP) is 12.1. The Morgan fingerprint density at radius 1 is 0.327 bits per heavy atom. The van der Waals surface area contributed by atoms with Crippen molar-refractivity contribution in [2.75, 3.05) is 0 Å². The topological polar surface area (TPSA) is 51.6 Å². The standard InChI is InChI=1S/C48H32N4/c1-3-11-33(12-4-1)39-23-24-44-46(31-39)51-48(52-47(44)36-13-5-2-6-14-36)43-29-41(28-42(30-43)45-18-7-8-26-50-45)35-21-19-34(20-22-35)37-15-9-16-38(27-37)40-17-10-25-49-32-40/h1-32H. The van der Waals surface area contributed by atoms with Crippen molar-refractivity contribution in [3.05, 3.63) is 195 Å². The van der Waals surface area contributed by atoms with E-state index < -0.39 is 0 Å². The Kier molecular flexibility index (Phi) is 8.16. The van der Waals surface area contributed by atoms with Crippen LogP contribution in [0.3, 0.4) is 0 Å². The average molecular weight is 665 g/mol. The van der Waals surface area contributed by atoms with Crippen molar-refractivity contribution in [2.45, 2.75) is 0 Å². The Balaban J connectivity index is 1.17. The summed E-state index contributed by atoms with van der Waals surface area (Å²) in [5.41, 5.74) is 14.7. The summed E-state index contributed by atoms with van der Waals surface area (Å²) in [6, 6.07) is 61.3. The highest BCUT2D eigenvalue weighted by Crippen LogP contribution is 2.36. The van der Waals surface area contributed by atoms with Crippen LogP contribution in [0.1, 0.15) is 0 Å². The van der Waals surface area contributed by atoms with Crippen LogP contribution in [0.25, 0.3) is 89.3 Å². The van der Waals surface area contributed by atoms with Crippen LogP contribution in [-0.4, -0.2) is 19.9 Å². The van der Waals surface area contributed by atoms with Crippen LogP contribution < -0.4 is 0 Å². The Morgan fingerprint density at radius 2 is 0.904 bits per heavy atom. The first kappa shape index (κ1) is 31.0.